The number of pyridine rings is 1. The molecule has 90 valence electrons. The lowest BCUT2D eigenvalue weighted by atomic mass is 10.2. The number of ether oxygens (including phenoxy) is 1. The van der Waals surface area contributed by atoms with Crippen molar-refractivity contribution in [3.8, 4) is 0 Å². The number of aromatic nitrogens is 1. The van der Waals surface area contributed by atoms with E-state index in [2.05, 4.69) is 4.98 Å². The van der Waals surface area contributed by atoms with E-state index in [0.29, 0.717) is 18.0 Å². The van der Waals surface area contributed by atoms with E-state index in [-0.39, 0.29) is 6.61 Å². The topological polar surface area (TPSA) is 45.6 Å². The fraction of sp³-hybridized carbons (Fsp3) is 0.545. The second kappa shape index (κ2) is 6.40. The predicted molar refractivity (Wildman–Crippen MR) is 59.9 cm³/mol. The summed E-state index contributed by atoms with van der Waals surface area (Å²) >= 11 is 0. The van der Waals surface area contributed by atoms with Crippen LogP contribution >= 0.6 is 0 Å². The van der Waals surface area contributed by atoms with E-state index < -0.39 is 5.82 Å². The molecule has 0 aliphatic heterocycles. The van der Waals surface area contributed by atoms with Gasteiger partial charge in [-0.05, 0) is 12.5 Å². The molecule has 1 aromatic heterocycles. The average molecular weight is 228 g/mol. The van der Waals surface area contributed by atoms with Gasteiger partial charge < -0.3 is 14.7 Å². The van der Waals surface area contributed by atoms with Crippen LogP contribution in [0.5, 0.6) is 0 Å². The molecule has 1 rings (SSSR count). The van der Waals surface area contributed by atoms with Crippen molar-refractivity contribution in [1.82, 2.24) is 4.98 Å². The van der Waals surface area contributed by atoms with Crippen molar-refractivity contribution in [3.63, 3.8) is 0 Å². The first-order valence-corrected chi connectivity index (χ1v) is 5.14. The minimum atomic E-state index is -0.432. The van der Waals surface area contributed by atoms with Gasteiger partial charge in [0.15, 0.2) is 0 Å². The van der Waals surface area contributed by atoms with E-state index >= 15 is 0 Å². The van der Waals surface area contributed by atoms with E-state index in [9.17, 15) is 4.39 Å². The Hall–Kier alpha value is -1.20. The van der Waals surface area contributed by atoms with Crippen LogP contribution in [-0.2, 0) is 11.3 Å². The van der Waals surface area contributed by atoms with Crippen LogP contribution in [0.2, 0.25) is 0 Å². The van der Waals surface area contributed by atoms with Crippen molar-refractivity contribution in [1.29, 1.82) is 0 Å². The standard InChI is InChI=1S/C11H17FN2O2/c1-14(4-3-5-16-2)11-9(8-15)6-10(12)7-13-11/h6-7,15H,3-5,8H2,1-2H3. The molecule has 0 bridgehead atoms. The molecule has 0 saturated heterocycles. The fourth-order valence-corrected chi connectivity index (χ4v) is 1.49. The molecule has 0 fully saturated rings. The lowest BCUT2D eigenvalue weighted by Gasteiger charge is -2.20. The van der Waals surface area contributed by atoms with Gasteiger partial charge in [-0.15, -0.1) is 0 Å². The molecule has 0 unspecified atom stereocenters. The second-order valence-electron chi connectivity index (χ2n) is 3.56. The number of nitrogens with zero attached hydrogens (tertiary/aromatic N) is 2. The minimum Gasteiger partial charge on any atom is -0.392 e. The van der Waals surface area contributed by atoms with Crippen molar-refractivity contribution < 1.29 is 14.2 Å². The smallest absolute Gasteiger partial charge is 0.142 e. The molecule has 1 N–H and O–H groups in total. The maximum absolute atomic E-state index is 12.9. The number of aliphatic hydroxyl groups excluding tert-OH is 1. The number of hydrogen-bond donors (Lipinski definition) is 1. The van der Waals surface area contributed by atoms with Gasteiger partial charge in [-0.3, -0.25) is 0 Å². The Morgan fingerprint density at radius 2 is 2.31 bits per heavy atom. The van der Waals surface area contributed by atoms with E-state index in [1.54, 1.807) is 7.11 Å². The van der Waals surface area contributed by atoms with Gasteiger partial charge in [-0.2, -0.15) is 0 Å². The Kier molecular flexibility index (Phi) is 5.14. The zero-order chi connectivity index (χ0) is 12.0. The molecule has 4 nitrogen and oxygen atoms in total. The van der Waals surface area contributed by atoms with Gasteiger partial charge >= 0.3 is 0 Å². The first kappa shape index (κ1) is 12.9. The van der Waals surface area contributed by atoms with Crippen molar-refractivity contribution in [2.45, 2.75) is 13.0 Å². The van der Waals surface area contributed by atoms with Crippen LogP contribution in [0, 0.1) is 5.82 Å². The highest BCUT2D eigenvalue weighted by Gasteiger charge is 2.09. The quantitative estimate of drug-likeness (QED) is 0.743. The molecule has 0 atom stereocenters. The van der Waals surface area contributed by atoms with Crippen molar-refractivity contribution in [2.24, 2.45) is 0 Å². The second-order valence-corrected chi connectivity index (χ2v) is 3.56. The van der Waals surface area contributed by atoms with Gasteiger partial charge in [0, 0.05) is 32.9 Å². The number of methoxy groups -OCH3 is 1. The summed E-state index contributed by atoms with van der Waals surface area (Å²) in [6, 6.07) is 1.30. The van der Waals surface area contributed by atoms with Gasteiger partial charge in [0.05, 0.1) is 12.8 Å². The molecule has 16 heavy (non-hydrogen) atoms. The van der Waals surface area contributed by atoms with E-state index in [1.165, 1.54) is 6.07 Å². The van der Waals surface area contributed by atoms with Crippen molar-refractivity contribution in [2.75, 3.05) is 32.2 Å². The number of halogens is 1. The Balaban J connectivity index is 2.70. The molecule has 5 heteroatoms. The third-order valence-corrected chi connectivity index (χ3v) is 2.28. The average Bonchev–Trinajstić information content (AvgIpc) is 2.29. The summed E-state index contributed by atoms with van der Waals surface area (Å²) in [7, 11) is 3.50. The zero-order valence-corrected chi connectivity index (χ0v) is 9.61. The lowest BCUT2D eigenvalue weighted by molar-refractivity contribution is 0.196. The summed E-state index contributed by atoms with van der Waals surface area (Å²) in [5, 5.41) is 9.11. The molecule has 1 heterocycles. The molecular formula is C11H17FN2O2. The van der Waals surface area contributed by atoms with Crippen LogP contribution in [0.3, 0.4) is 0 Å². The van der Waals surface area contributed by atoms with Crippen molar-refractivity contribution in [3.05, 3.63) is 23.6 Å². The molecule has 1 aromatic rings. The van der Waals surface area contributed by atoms with Crippen LogP contribution < -0.4 is 4.90 Å². The molecule has 0 radical (unpaired) electrons. The van der Waals surface area contributed by atoms with E-state index in [0.717, 1.165) is 19.2 Å². The van der Waals surface area contributed by atoms with Gasteiger partial charge in [-0.1, -0.05) is 0 Å². The van der Waals surface area contributed by atoms with Crippen LogP contribution in [0.25, 0.3) is 0 Å². The Morgan fingerprint density at radius 3 is 2.94 bits per heavy atom. The number of anilines is 1. The predicted octanol–water partition coefficient (Wildman–Crippen LogP) is 1.19. The lowest BCUT2D eigenvalue weighted by Crippen LogP contribution is -2.22. The van der Waals surface area contributed by atoms with Gasteiger partial charge in [-0.25, -0.2) is 9.37 Å². The highest BCUT2D eigenvalue weighted by molar-refractivity contribution is 5.45. The normalized spacial score (nSPS) is 10.5. The molecule has 0 aromatic carbocycles. The third kappa shape index (κ3) is 3.43. The van der Waals surface area contributed by atoms with Crippen LogP contribution in [0.15, 0.2) is 12.3 Å². The largest absolute Gasteiger partial charge is 0.392 e. The van der Waals surface area contributed by atoms with Crippen LogP contribution in [0.1, 0.15) is 12.0 Å². The Labute approximate surface area is 94.7 Å². The summed E-state index contributed by atoms with van der Waals surface area (Å²) < 4.78 is 17.8. The SMILES string of the molecule is COCCCN(C)c1ncc(F)cc1CO. The highest BCUT2D eigenvalue weighted by Crippen LogP contribution is 2.17. The van der Waals surface area contributed by atoms with Crippen LogP contribution in [0.4, 0.5) is 10.2 Å². The molecular weight excluding hydrogens is 211 g/mol. The van der Waals surface area contributed by atoms with Crippen molar-refractivity contribution >= 4 is 5.82 Å². The maximum Gasteiger partial charge on any atom is 0.142 e. The highest BCUT2D eigenvalue weighted by atomic mass is 19.1. The minimum absolute atomic E-state index is 0.214. The van der Waals surface area contributed by atoms with Gasteiger partial charge in [0.2, 0.25) is 0 Å². The number of aliphatic hydroxyl groups is 1. The first-order valence-electron chi connectivity index (χ1n) is 5.14. The summed E-state index contributed by atoms with van der Waals surface area (Å²) in [5.41, 5.74) is 0.500. The van der Waals surface area contributed by atoms with E-state index in [1.807, 2.05) is 11.9 Å². The Morgan fingerprint density at radius 1 is 1.56 bits per heavy atom. The van der Waals surface area contributed by atoms with E-state index in [4.69, 9.17) is 9.84 Å². The number of hydrogen-bond acceptors (Lipinski definition) is 4. The summed E-state index contributed by atoms with van der Waals surface area (Å²) in [6.07, 6.45) is 2.01. The molecule has 0 aliphatic rings. The molecule has 0 spiro atoms. The summed E-state index contributed by atoms with van der Waals surface area (Å²) in [5.74, 6) is 0.179. The van der Waals surface area contributed by atoms with Gasteiger partial charge in [0.25, 0.3) is 0 Å². The molecule has 0 saturated carbocycles. The Bertz CT molecular complexity index is 334. The summed E-state index contributed by atoms with van der Waals surface area (Å²) in [6.45, 7) is 1.20. The monoisotopic (exact) mass is 228 g/mol. The molecule has 0 aliphatic carbocycles. The maximum atomic E-state index is 12.9. The fourth-order valence-electron chi connectivity index (χ4n) is 1.49. The summed E-state index contributed by atoms with van der Waals surface area (Å²) in [4.78, 5) is 5.86. The third-order valence-electron chi connectivity index (χ3n) is 2.28. The molecule has 0 amide bonds. The number of rotatable bonds is 6. The first-order chi connectivity index (χ1) is 7.69. The van der Waals surface area contributed by atoms with Gasteiger partial charge in [0.1, 0.15) is 11.6 Å². The zero-order valence-electron chi connectivity index (χ0n) is 9.61. The van der Waals surface area contributed by atoms with Crippen LogP contribution in [-0.4, -0.2) is 37.4 Å².